The predicted octanol–water partition coefficient (Wildman–Crippen LogP) is 3.29. The number of nitro benzene ring substituents is 2. The van der Waals surface area contributed by atoms with E-state index in [9.17, 15) is 29.8 Å². The lowest BCUT2D eigenvalue weighted by Crippen LogP contribution is -2.11. The Morgan fingerprint density at radius 3 is 2.11 bits per heavy atom. The summed E-state index contributed by atoms with van der Waals surface area (Å²) in [5, 5.41) is 25.4. The zero-order chi connectivity index (χ0) is 20.1. The first-order valence-electron chi connectivity index (χ1n) is 7.51. The molecule has 2 rings (SSSR count). The molecule has 0 spiro atoms. The third-order valence-electron chi connectivity index (χ3n) is 3.49. The standard InChI is InChI=1S/C17H13N3O7/c1-10(18-27-11(2)21)17(22)13-5-3-12(4-6-13)15-8-7-14(19(23)24)9-16(15)20(25)26/h3-9H,1-2H3/b18-10-. The molecule has 0 bridgehead atoms. The molecule has 10 heteroatoms. The number of carbonyl (C=O) groups is 2. The number of carbonyl (C=O) groups excluding carboxylic acids is 2. The van der Waals surface area contributed by atoms with Crippen molar-refractivity contribution in [2.75, 3.05) is 0 Å². The first kappa shape index (κ1) is 19.4. The second-order valence-corrected chi connectivity index (χ2v) is 5.38. The molecule has 0 aliphatic heterocycles. The largest absolute Gasteiger partial charge is 0.331 e. The molecule has 0 saturated heterocycles. The highest BCUT2D eigenvalue weighted by molar-refractivity contribution is 6.45. The molecule has 0 fully saturated rings. The van der Waals surface area contributed by atoms with Crippen LogP contribution in [0.25, 0.3) is 11.1 Å². The number of benzene rings is 2. The van der Waals surface area contributed by atoms with E-state index in [0.29, 0.717) is 5.56 Å². The van der Waals surface area contributed by atoms with Gasteiger partial charge in [0.1, 0.15) is 5.71 Å². The first-order chi connectivity index (χ1) is 12.7. The van der Waals surface area contributed by atoms with Crippen molar-refractivity contribution >= 4 is 28.8 Å². The Hall–Kier alpha value is -3.95. The summed E-state index contributed by atoms with van der Waals surface area (Å²) in [5.41, 5.74) is -0.0426. The van der Waals surface area contributed by atoms with Gasteiger partial charge in [-0.2, -0.15) is 0 Å². The van der Waals surface area contributed by atoms with Gasteiger partial charge < -0.3 is 4.84 Å². The molecular formula is C17H13N3O7. The topological polar surface area (TPSA) is 142 Å². The molecular weight excluding hydrogens is 358 g/mol. The van der Waals surface area contributed by atoms with Gasteiger partial charge in [-0.15, -0.1) is 0 Å². The van der Waals surface area contributed by atoms with E-state index < -0.39 is 33.0 Å². The minimum Gasteiger partial charge on any atom is -0.318 e. The molecule has 0 saturated carbocycles. The normalized spacial score (nSPS) is 11.0. The Balaban J connectivity index is 2.36. The molecule has 0 unspecified atom stereocenters. The van der Waals surface area contributed by atoms with Crippen molar-refractivity contribution in [2.24, 2.45) is 5.16 Å². The molecule has 0 aliphatic rings. The van der Waals surface area contributed by atoms with Crippen molar-refractivity contribution in [2.45, 2.75) is 13.8 Å². The summed E-state index contributed by atoms with van der Waals surface area (Å²) in [6.07, 6.45) is 0. The maximum atomic E-state index is 12.2. The fraction of sp³-hybridized carbons (Fsp3) is 0.118. The van der Waals surface area contributed by atoms with Crippen molar-refractivity contribution < 1.29 is 24.3 Å². The Morgan fingerprint density at radius 2 is 1.59 bits per heavy atom. The third-order valence-corrected chi connectivity index (χ3v) is 3.49. The summed E-state index contributed by atoms with van der Waals surface area (Å²) in [4.78, 5) is 47.9. The van der Waals surface area contributed by atoms with Crippen molar-refractivity contribution in [1.82, 2.24) is 0 Å². The van der Waals surface area contributed by atoms with Crippen molar-refractivity contribution in [1.29, 1.82) is 0 Å². The maximum absolute atomic E-state index is 12.2. The average Bonchev–Trinajstić information content (AvgIpc) is 2.65. The number of nitro groups is 2. The molecule has 2 aromatic rings. The zero-order valence-corrected chi connectivity index (χ0v) is 14.2. The highest BCUT2D eigenvalue weighted by atomic mass is 16.7. The number of oxime groups is 1. The van der Waals surface area contributed by atoms with Gasteiger partial charge in [0.25, 0.3) is 11.4 Å². The molecule has 0 heterocycles. The van der Waals surface area contributed by atoms with Crippen LogP contribution < -0.4 is 0 Å². The molecule has 27 heavy (non-hydrogen) atoms. The van der Waals surface area contributed by atoms with Crippen LogP contribution in [0.5, 0.6) is 0 Å². The van der Waals surface area contributed by atoms with E-state index >= 15 is 0 Å². The summed E-state index contributed by atoms with van der Waals surface area (Å²) in [6, 6.07) is 9.12. The quantitative estimate of drug-likeness (QED) is 0.249. The van der Waals surface area contributed by atoms with Crippen molar-refractivity contribution in [3.05, 3.63) is 68.3 Å². The number of hydrogen-bond donors (Lipinski definition) is 0. The van der Waals surface area contributed by atoms with E-state index in [-0.39, 0.29) is 16.8 Å². The summed E-state index contributed by atoms with van der Waals surface area (Å²) in [6.45, 7) is 2.52. The Kier molecular flexibility index (Phi) is 5.71. The van der Waals surface area contributed by atoms with Crippen LogP contribution in [0.2, 0.25) is 0 Å². The lowest BCUT2D eigenvalue weighted by Gasteiger charge is -2.05. The van der Waals surface area contributed by atoms with Gasteiger partial charge in [-0.25, -0.2) is 4.79 Å². The molecule has 0 aliphatic carbocycles. The van der Waals surface area contributed by atoms with Crippen LogP contribution in [0.4, 0.5) is 11.4 Å². The molecule has 0 N–H and O–H groups in total. The van der Waals surface area contributed by atoms with Gasteiger partial charge in [0.15, 0.2) is 0 Å². The first-order valence-corrected chi connectivity index (χ1v) is 7.51. The van der Waals surface area contributed by atoms with Crippen molar-refractivity contribution in [3.63, 3.8) is 0 Å². The van der Waals surface area contributed by atoms with E-state index in [1.165, 1.54) is 37.3 Å². The Bertz CT molecular complexity index is 965. The van der Waals surface area contributed by atoms with Crippen LogP contribution in [-0.4, -0.2) is 27.3 Å². The Morgan fingerprint density at radius 1 is 0.963 bits per heavy atom. The average molecular weight is 371 g/mol. The van der Waals surface area contributed by atoms with E-state index in [2.05, 4.69) is 9.99 Å². The van der Waals surface area contributed by atoms with Gasteiger partial charge in [0.2, 0.25) is 5.78 Å². The lowest BCUT2D eigenvalue weighted by atomic mass is 9.99. The molecule has 0 amide bonds. The number of rotatable bonds is 6. The minimum atomic E-state index is -0.718. The second kappa shape index (κ2) is 7.95. The summed E-state index contributed by atoms with van der Waals surface area (Å²) < 4.78 is 0. The minimum absolute atomic E-state index is 0.0423. The van der Waals surface area contributed by atoms with Gasteiger partial charge in [0.05, 0.1) is 21.5 Å². The van der Waals surface area contributed by atoms with E-state index in [1.54, 1.807) is 0 Å². The van der Waals surface area contributed by atoms with Gasteiger partial charge in [-0.1, -0.05) is 29.4 Å². The van der Waals surface area contributed by atoms with Gasteiger partial charge in [-0.3, -0.25) is 25.0 Å². The second-order valence-electron chi connectivity index (χ2n) is 5.38. The number of non-ortho nitro benzene ring substituents is 1. The number of hydrogen-bond acceptors (Lipinski definition) is 8. The van der Waals surface area contributed by atoms with Crippen LogP contribution in [-0.2, 0) is 9.63 Å². The Labute approximate surface area is 152 Å². The summed E-state index contributed by atoms with van der Waals surface area (Å²) in [5.74, 6) is -1.15. The molecule has 2 aromatic carbocycles. The maximum Gasteiger partial charge on any atom is 0.331 e. The zero-order valence-electron chi connectivity index (χ0n) is 14.2. The number of ketones is 1. The van der Waals surface area contributed by atoms with Crippen molar-refractivity contribution in [3.8, 4) is 11.1 Å². The van der Waals surface area contributed by atoms with Gasteiger partial charge in [0, 0.05) is 18.6 Å². The van der Waals surface area contributed by atoms with Crippen LogP contribution >= 0.6 is 0 Å². The van der Waals surface area contributed by atoms with Crippen LogP contribution in [0.1, 0.15) is 24.2 Å². The van der Waals surface area contributed by atoms with E-state index in [4.69, 9.17) is 0 Å². The van der Waals surface area contributed by atoms with Crippen LogP contribution in [0.15, 0.2) is 47.6 Å². The monoisotopic (exact) mass is 371 g/mol. The van der Waals surface area contributed by atoms with Crippen LogP contribution in [0, 0.1) is 20.2 Å². The SMILES string of the molecule is CC(=O)O/N=C(/C)C(=O)c1ccc(-c2ccc([N+](=O)[O-])cc2[N+](=O)[O-])cc1. The van der Waals surface area contributed by atoms with Gasteiger partial charge >= 0.3 is 5.97 Å². The van der Waals surface area contributed by atoms with Gasteiger partial charge in [-0.05, 0) is 18.6 Å². The third kappa shape index (κ3) is 4.57. The molecule has 138 valence electrons. The lowest BCUT2D eigenvalue weighted by molar-refractivity contribution is -0.393. The molecule has 10 nitrogen and oxygen atoms in total. The number of Topliss-reactive ketones (excluding diaryl/α,β-unsaturated/α-hetero) is 1. The summed E-state index contributed by atoms with van der Waals surface area (Å²) >= 11 is 0. The van der Waals surface area contributed by atoms with E-state index in [0.717, 1.165) is 19.1 Å². The van der Waals surface area contributed by atoms with E-state index in [1.807, 2.05) is 0 Å². The smallest absolute Gasteiger partial charge is 0.318 e. The van der Waals surface area contributed by atoms with Crippen LogP contribution in [0.3, 0.4) is 0 Å². The molecule has 0 aromatic heterocycles. The molecule has 0 atom stereocenters. The fourth-order valence-electron chi connectivity index (χ4n) is 2.21. The summed E-state index contributed by atoms with van der Waals surface area (Å²) in [7, 11) is 0. The fourth-order valence-corrected chi connectivity index (χ4v) is 2.21. The number of nitrogens with zero attached hydrogens (tertiary/aromatic N) is 3. The highest BCUT2D eigenvalue weighted by Crippen LogP contribution is 2.33. The molecule has 0 radical (unpaired) electrons. The predicted molar refractivity (Wildman–Crippen MR) is 94.4 cm³/mol. The highest BCUT2D eigenvalue weighted by Gasteiger charge is 2.21.